The van der Waals surface area contributed by atoms with E-state index in [1.54, 1.807) is 12.1 Å². The van der Waals surface area contributed by atoms with Crippen molar-refractivity contribution in [1.82, 2.24) is 0 Å². The normalized spacial score (nSPS) is 10.5. The molecule has 1 aromatic rings. The Labute approximate surface area is 119 Å². The molecule has 0 amide bonds. The number of hydrogen-bond acceptors (Lipinski definition) is 4. The van der Waals surface area contributed by atoms with Crippen LogP contribution in [-0.2, 0) is 20.7 Å². The van der Waals surface area contributed by atoms with Gasteiger partial charge in [0.15, 0.2) is 0 Å². The van der Waals surface area contributed by atoms with E-state index in [2.05, 4.69) is 0 Å². The van der Waals surface area contributed by atoms with Gasteiger partial charge in [0.1, 0.15) is 5.75 Å². The molecule has 0 aromatic heterocycles. The number of para-hydroxylation sites is 1. The summed E-state index contributed by atoms with van der Waals surface area (Å²) in [6.07, 6.45) is 4.71. The van der Waals surface area contributed by atoms with Gasteiger partial charge in [-0.3, -0.25) is 0 Å². The lowest BCUT2D eigenvalue weighted by molar-refractivity contribution is -0.138. The molecule has 0 bridgehead atoms. The highest BCUT2D eigenvalue weighted by Crippen LogP contribution is 2.18. The first-order chi connectivity index (χ1) is 9.67. The van der Waals surface area contributed by atoms with Crippen LogP contribution in [0.3, 0.4) is 0 Å². The van der Waals surface area contributed by atoms with Crippen LogP contribution in [0.5, 0.6) is 5.75 Å². The summed E-state index contributed by atoms with van der Waals surface area (Å²) in [5.74, 6) is -0.596. The van der Waals surface area contributed by atoms with E-state index in [-0.39, 0.29) is 0 Å². The molecule has 0 atom stereocenters. The summed E-state index contributed by atoms with van der Waals surface area (Å²) in [6.45, 7) is 4.35. The van der Waals surface area contributed by atoms with Gasteiger partial charge in [-0.1, -0.05) is 38.5 Å². The van der Waals surface area contributed by atoms with Crippen LogP contribution in [0.25, 0.3) is 0 Å². The molecule has 0 unspecified atom stereocenters. The third kappa shape index (κ3) is 5.69. The first-order valence-electron chi connectivity index (χ1n) is 6.82. The summed E-state index contributed by atoms with van der Waals surface area (Å²) >= 11 is 0. The second-order valence-corrected chi connectivity index (χ2v) is 4.24. The highest BCUT2D eigenvalue weighted by molar-refractivity contribution is 5.92. The largest absolute Gasteiger partial charge is 0.463 e. The Morgan fingerprint density at radius 2 is 1.80 bits per heavy atom. The van der Waals surface area contributed by atoms with Crippen LogP contribution in [-0.4, -0.2) is 18.5 Å². The van der Waals surface area contributed by atoms with Gasteiger partial charge in [-0.15, -0.1) is 0 Å². The van der Waals surface area contributed by atoms with Gasteiger partial charge in [-0.05, 0) is 24.5 Å². The lowest BCUT2D eigenvalue weighted by Gasteiger charge is -2.06. The smallest absolute Gasteiger partial charge is 0.336 e. The van der Waals surface area contributed by atoms with Crippen LogP contribution >= 0.6 is 0 Å². The zero-order valence-electron chi connectivity index (χ0n) is 11.9. The number of benzene rings is 1. The van der Waals surface area contributed by atoms with E-state index in [0.717, 1.165) is 37.0 Å². The Morgan fingerprint density at radius 1 is 1.10 bits per heavy atom. The Morgan fingerprint density at radius 3 is 2.50 bits per heavy atom. The molecule has 0 aliphatic carbocycles. The number of esters is 2. The summed E-state index contributed by atoms with van der Waals surface area (Å²) < 4.78 is 10.1. The number of rotatable bonds is 7. The molecule has 0 saturated carbocycles. The molecule has 0 saturated heterocycles. The molecule has 0 aliphatic heterocycles. The highest BCUT2D eigenvalue weighted by atomic mass is 16.5. The third-order valence-electron chi connectivity index (χ3n) is 2.66. The van der Waals surface area contributed by atoms with Crippen LogP contribution in [0.15, 0.2) is 36.4 Å². The average Bonchev–Trinajstić information content (AvgIpc) is 2.46. The Hall–Kier alpha value is -2.10. The number of carbonyl (C=O) groups excluding carboxylic acids is 2. The Balaban J connectivity index is 2.48. The topological polar surface area (TPSA) is 52.6 Å². The maximum Gasteiger partial charge on any atom is 0.336 e. The molecular weight excluding hydrogens is 256 g/mol. The van der Waals surface area contributed by atoms with Crippen molar-refractivity contribution in [3.05, 3.63) is 42.0 Å². The van der Waals surface area contributed by atoms with Crippen molar-refractivity contribution in [2.45, 2.75) is 33.1 Å². The van der Waals surface area contributed by atoms with Crippen molar-refractivity contribution in [2.24, 2.45) is 0 Å². The van der Waals surface area contributed by atoms with Gasteiger partial charge in [-0.2, -0.15) is 0 Å². The van der Waals surface area contributed by atoms with Gasteiger partial charge in [-0.25, -0.2) is 9.59 Å². The Bertz CT molecular complexity index is 477. The number of aryl methyl sites for hydroxylation is 1. The zero-order valence-corrected chi connectivity index (χ0v) is 11.9. The number of carbonyl (C=O) groups is 2. The van der Waals surface area contributed by atoms with E-state index in [0.29, 0.717) is 12.4 Å². The molecule has 1 rings (SSSR count). The van der Waals surface area contributed by atoms with E-state index in [9.17, 15) is 9.59 Å². The predicted octanol–water partition coefficient (Wildman–Crippen LogP) is 3.05. The van der Waals surface area contributed by atoms with Crippen LogP contribution in [0.4, 0.5) is 0 Å². The Kier molecular flexibility index (Phi) is 7.11. The number of unbranched alkanes of at least 4 members (excludes halogenated alkanes) is 1. The summed E-state index contributed by atoms with van der Waals surface area (Å²) in [4.78, 5) is 22.9. The van der Waals surface area contributed by atoms with Crippen molar-refractivity contribution in [3.8, 4) is 5.75 Å². The molecule has 0 fully saturated rings. The van der Waals surface area contributed by atoms with Crippen LogP contribution < -0.4 is 4.74 Å². The lowest BCUT2D eigenvalue weighted by atomic mass is 10.1. The predicted molar refractivity (Wildman–Crippen MR) is 76.5 cm³/mol. The van der Waals surface area contributed by atoms with Crippen molar-refractivity contribution in [3.63, 3.8) is 0 Å². The summed E-state index contributed by atoms with van der Waals surface area (Å²) in [5, 5.41) is 0. The summed E-state index contributed by atoms with van der Waals surface area (Å²) in [6, 6.07) is 7.30. The van der Waals surface area contributed by atoms with Gasteiger partial charge in [0.05, 0.1) is 6.61 Å². The molecular formula is C16H20O4. The minimum absolute atomic E-state index is 0.368. The molecule has 4 nitrogen and oxygen atoms in total. The van der Waals surface area contributed by atoms with E-state index >= 15 is 0 Å². The lowest BCUT2D eigenvalue weighted by Crippen LogP contribution is -2.08. The number of hydrogen-bond donors (Lipinski definition) is 0. The highest BCUT2D eigenvalue weighted by Gasteiger charge is 2.06. The van der Waals surface area contributed by atoms with E-state index < -0.39 is 11.9 Å². The fourth-order valence-corrected chi connectivity index (χ4v) is 1.54. The van der Waals surface area contributed by atoms with E-state index in [4.69, 9.17) is 9.47 Å². The first-order valence-corrected chi connectivity index (χ1v) is 6.82. The molecule has 0 radical (unpaired) electrons. The molecule has 0 N–H and O–H groups in total. The van der Waals surface area contributed by atoms with Crippen LogP contribution in [0.2, 0.25) is 0 Å². The molecule has 4 heteroatoms. The second-order valence-electron chi connectivity index (χ2n) is 4.24. The SMILES string of the molecule is CCCCOC(=O)/C=C/C(=O)Oc1ccccc1CC. The van der Waals surface area contributed by atoms with Crippen molar-refractivity contribution < 1.29 is 19.1 Å². The van der Waals surface area contributed by atoms with Gasteiger partial charge < -0.3 is 9.47 Å². The van der Waals surface area contributed by atoms with E-state index in [1.807, 2.05) is 26.0 Å². The molecule has 1 aromatic carbocycles. The second kappa shape index (κ2) is 8.91. The van der Waals surface area contributed by atoms with Crippen molar-refractivity contribution in [1.29, 1.82) is 0 Å². The third-order valence-corrected chi connectivity index (χ3v) is 2.66. The van der Waals surface area contributed by atoms with Gasteiger partial charge >= 0.3 is 11.9 Å². The monoisotopic (exact) mass is 276 g/mol. The first kappa shape index (κ1) is 16.0. The standard InChI is InChI=1S/C16H20O4/c1-3-5-12-19-15(17)10-11-16(18)20-14-9-7-6-8-13(14)4-2/h6-11H,3-5,12H2,1-2H3/b11-10+. The van der Waals surface area contributed by atoms with Crippen LogP contribution in [0.1, 0.15) is 32.3 Å². The summed E-state index contributed by atoms with van der Waals surface area (Å²) in [7, 11) is 0. The van der Waals surface area contributed by atoms with E-state index in [1.165, 1.54) is 0 Å². The minimum atomic E-state index is -0.585. The molecule has 0 spiro atoms. The molecule has 108 valence electrons. The number of ether oxygens (including phenoxy) is 2. The van der Waals surface area contributed by atoms with Gasteiger partial charge in [0.25, 0.3) is 0 Å². The minimum Gasteiger partial charge on any atom is -0.463 e. The maximum atomic E-state index is 11.6. The van der Waals surface area contributed by atoms with Gasteiger partial charge in [0.2, 0.25) is 0 Å². The van der Waals surface area contributed by atoms with Crippen LogP contribution in [0, 0.1) is 0 Å². The molecule has 20 heavy (non-hydrogen) atoms. The quantitative estimate of drug-likeness (QED) is 0.332. The van der Waals surface area contributed by atoms with Crippen molar-refractivity contribution in [2.75, 3.05) is 6.61 Å². The average molecular weight is 276 g/mol. The molecule has 0 heterocycles. The molecule has 0 aliphatic rings. The summed E-state index contributed by atoms with van der Waals surface area (Å²) in [5.41, 5.74) is 0.944. The maximum absolute atomic E-state index is 11.6. The van der Waals surface area contributed by atoms with Gasteiger partial charge in [0, 0.05) is 12.2 Å². The van der Waals surface area contributed by atoms with Crippen molar-refractivity contribution >= 4 is 11.9 Å². The fourth-order valence-electron chi connectivity index (χ4n) is 1.54. The zero-order chi connectivity index (χ0) is 14.8. The fraction of sp³-hybridized carbons (Fsp3) is 0.375.